The van der Waals surface area contributed by atoms with Gasteiger partial charge in [0, 0.05) is 0 Å². The van der Waals surface area contributed by atoms with Crippen LogP contribution in [0.5, 0.6) is 6.08 Å². The average molecular weight is 193 g/mol. The van der Waals surface area contributed by atoms with Crippen molar-refractivity contribution >= 4 is 17.1 Å². The molecule has 0 aliphatic carbocycles. The number of nitrogens with two attached hydrogens (primary N) is 1. The predicted octanol–water partition coefficient (Wildman–Crippen LogP) is 0.911. The summed E-state index contributed by atoms with van der Waals surface area (Å²) < 4.78 is 9.88. The van der Waals surface area contributed by atoms with Crippen LogP contribution in [0.2, 0.25) is 0 Å². The minimum absolute atomic E-state index is 0.0542. The number of benzene rings is 1. The Morgan fingerprint density at radius 1 is 1.50 bits per heavy atom. The number of para-hydroxylation sites is 2. The van der Waals surface area contributed by atoms with Gasteiger partial charge in [-0.2, -0.15) is 4.98 Å². The lowest BCUT2D eigenvalue weighted by Gasteiger charge is -1.93. The largest absolute Gasteiger partial charge is 0.409 e. The zero-order valence-electron chi connectivity index (χ0n) is 7.04. The van der Waals surface area contributed by atoms with E-state index in [9.17, 15) is 0 Å². The molecular formula is C8H7N3O3. The van der Waals surface area contributed by atoms with Gasteiger partial charge in [0.1, 0.15) is 5.52 Å². The Balaban J connectivity index is 2.36. The molecule has 2 aromatic rings. The molecule has 0 aliphatic heterocycles. The second-order valence-corrected chi connectivity index (χ2v) is 2.49. The summed E-state index contributed by atoms with van der Waals surface area (Å²) >= 11 is 0. The van der Waals surface area contributed by atoms with Gasteiger partial charge in [-0.3, -0.25) is 0 Å². The summed E-state index contributed by atoms with van der Waals surface area (Å²) in [5.41, 5.74) is 6.33. The van der Waals surface area contributed by atoms with Crippen molar-refractivity contribution in [3.8, 4) is 6.08 Å². The van der Waals surface area contributed by atoms with E-state index in [1.807, 2.05) is 6.07 Å². The topological polar surface area (TPSA) is 93.9 Å². The van der Waals surface area contributed by atoms with E-state index in [1.54, 1.807) is 18.2 Å². The third kappa shape index (κ3) is 1.45. The normalized spacial score (nSPS) is 11.9. The molecular weight excluding hydrogens is 186 g/mol. The molecule has 6 heteroatoms. The van der Waals surface area contributed by atoms with E-state index in [4.69, 9.17) is 20.1 Å². The van der Waals surface area contributed by atoms with E-state index in [0.29, 0.717) is 11.1 Å². The Morgan fingerprint density at radius 3 is 3.00 bits per heavy atom. The monoisotopic (exact) mass is 193 g/mol. The lowest BCUT2D eigenvalue weighted by molar-refractivity contribution is 0.289. The van der Waals surface area contributed by atoms with Gasteiger partial charge in [-0.25, -0.2) is 0 Å². The van der Waals surface area contributed by atoms with Crippen LogP contribution >= 0.6 is 0 Å². The number of ether oxygens (including phenoxy) is 1. The second kappa shape index (κ2) is 3.25. The number of rotatable bonds is 1. The maximum atomic E-state index is 8.24. The van der Waals surface area contributed by atoms with Crippen LogP contribution in [0.3, 0.4) is 0 Å². The van der Waals surface area contributed by atoms with Crippen LogP contribution in [-0.4, -0.2) is 16.2 Å². The summed E-state index contributed by atoms with van der Waals surface area (Å²) in [4.78, 5) is 3.94. The van der Waals surface area contributed by atoms with Crippen LogP contribution in [0.4, 0.5) is 0 Å². The van der Waals surface area contributed by atoms with Gasteiger partial charge in [-0.05, 0) is 17.3 Å². The van der Waals surface area contributed by atoms with Crippen LogP contribution in [0, 0.1) is 0 Å². The number of hydrogen-bond donors (Lipinski definition) is 2. The standard InChI is InChI=1S/C8H7N3O3/c9-7(11-12)14-8-10-5-3-1-2-4-6(5)13-8/h1-4,12H,(H2,9,11). The molecule has 72 valence electrons. The summed E-state index contributed by atoms with van der Waals surface area (Å²) in [7, 11) is 0. The molecule has 0 unspecified atom stereocenters. The molecule has 1 aromatic heterocycles. The van der Waals surface area contributed by atoms with Crippen LogP contribution in [-0.2, 0) is 0 Å². The SMILES string of the molecule is N/C(=N/O)Oc1nc2ccccc2o1. The Morgan fingerprint density at radius 2 is 2.29 bits per heavy atom. The van der Waals surface area contributed by atoms with Gasteiger partial charge in [0.2, 0.25) is 0 Å². The maximum absolute atomic E-state index is 8.24. The molecule has 14 heavy (non-hydrogen) atoms. The first-order chi connectivity index (χ1) is 6.79. The third-order valence-electron chi connectivity index (χ3n) is 1.56. The first-order valence-electron chi connectivity index (χ1n) is 3.80. The first kappa shape index (κ1) is 8.36. The van der Waals surface area contributed by atoms with Crippen LogP contribution in [0.1, 0.15) is 0 Å². The molecule has 0 aliphatic rings. The molecule has 0 saturated heterocycles. The van der Waals surface area contributed by atoms with Crippen molar-refractivity contribution in [3.05, 3.63) is 24.3 Å². The molecule has 1 aromatic carbocycles. The number of aromatic nitrogens is 1. The van der Waals surface area contributed by atoms with E-state index in [1.165, 1.54) is 0 Å². The minimum atomic E-state index is -0.420. The Kier molecular flexibility index (Phi) is 1.94. The van der Waals surface area contributed by atoms with Gasteiger partial charge in [0.05, 0.1) is 0 Å². The second-order valence-electron chi connectivity index (χ2n) is 2.49. The number of oxazole rings is 1. The molecule has 0 bridgehead atoms. The minimum Gasteiger partial charge on any atom is -0.409 e. The molecule has 2 rings (SSSR count). The fraction of sp³-hybridized carbons (Fsp3) is 0. The van der Waals surface area contributed by atoms with Crippen molar-refractivity contribution in [2.45, 2.75) is 0 Å². The molecule has 3 N–H and O–H groups in total. The average Bonchev–Trinajstić information content (AvgIpc) is 2.59. The fourth-order valence-corrected chi connectivity index (χ4v) is 1.00. The molecule has 0 atom stereocenters. The highest BCUT2D eigenvalue weighted by molar-refractivity contribution is 5.75. The summed E-state index contributed by atoms with van der Waals surface area (Å²) in [6.45, 7) is 0. The number of oxime groups is 1. The molecule has 0 radical (unpaired) electrons. The highest BCUT2D eigenvalue weighted by Gasteiger charge is 2.07. The Hall–Kier alpha value is -2.24. The predicted molar refractivity (Wildman–Crippen MR) is 48.0 cm³/mol. The van der Waals surface area contributed by atoms with E-state index in [0.717, 1.165) is 0 Å². The van der Waals surface area contributed by atoms with Crippen molar-refractivity contribution in [3.63, 3.8) is 0 Å². The first-order valence-corrected chi connectivity index (χ1v) is 3.80. The van der Waals surface area contributed by atoms with E-state index < -0.39 is 6.02 Å². The highest BCUT2D eigenvalue weighted by Crippen LogP contribution is 2.19. The lowest BCUT2D eigenvalue weighted by atomic mass is 10.3. The van der Waals surface area contributed by atoms with Crippen LogP contribution in [0.25, 0.3) is 11.1 Å². The summed E-state index contributed by atoms with van der Waals surface area (Å²) in [6, 6.07) is 6.70. The third-order valence-corrected chi connectivity index (χ3v) is 1.56. The molecule has 0 saturated carbocycles. The summed E-state index contributed by atoms with van der Waals surface area (Å²) in [5.74, 6) is 0. The number of amidine groups is 1. The van der Waals surface area contributed by atoms with E-state index >= 15 is 0 Å². The highest BCUT2D eigenvalue weighted by atomic mass is 16.6. The van der Waals surface area contributed by atoms with Crippen molar-refractivity contribution in [2.24, 2.45) is 10.9 Å². The van der Waals surface area contributed by atoms with Crippen molar-refractivity contribution in [2.75, 3.05) is 0 Å². The molecule has 0 spiro atoms. The van der Waals surface area contributed by atoms with Crippen molar-refractivity contribution < 1.29 is 14.4 Å². The van der Waals surface area contributed by atoms with E-state index in [-0.39, 0.29) is 6.08 Å². The Bertz CT molecular complexity index is 444. The molecule has 1 heterocycles. The summed E-state index contributed by atoms with van der Waals surface area (Å²) in [5, 5.41) is 10.9. The van der Waals surface area contributed by atoms with E-state index in [2.05, 4.69) is 10.1 Å². The van der Waals surface area contributed by atoms with Crippen molar-refractivity contribution in [1.29, 1.82) is 0 Å². The zero-order valence-corrected chi connectivity index (χ0v) is 7.04. The molecule has 0 amide bonds. The number of fused-ring (bicyclic) bond motifs is 1. The van der Waals surface area contributed by atoms with Gasteiger partial charge < -0.3 is 20.1 Å². The van der Waals surface area contributed by atoms with Gasteiger partial charge in [-0.1, -0.05) is 12.1 Å². The lowest BCUT2D eigenvalue weighted by Crippen LogP contribution is -2.19. The number of nitrogens with zero attached hydrogens (tertiary/aromatic N) is 2. The number of hydrogen-bond acceptors (Lipinski definition) is 5. The van der Waals surface area contributed by atoms with Gasteiger partial charge in [-0.15, -0.1) is 0 Å². The zero-order chi connectivity index (χ0) is 9.97. The summed E-state index contributed by atoms with van der Waals surface area (Å²) in [6.07, 6.45) is -0.0542. The van der Waals surface area contributed by atoms with Crippen LogP contribution < -0.4 is 10.5 Å². The van der Waals surface area contributed by atoms with Crippen molar-refractivity contribution in [1.82, 2.24) is 4.98 Å². The van der Waals surface area contributed by atoms with Crippen LogP contribution in [0.15, 0.2) is 33.8 Å². The van der Waals surface area contributed by atoms with Gasteiger partial charge >= 0.3 is 12.1 Å². The van der Waals surface area contributed by atoms with Gasteiger partial charge in [0.15, 0.2) is 5.58 Å². The smallest absolute Gasteiger partial charge is 0.402 e. The fourth-order valence-electron chi connectivity index (χ4n) is 1.00. The quantitative estimate of drug-likeness (QED) is 0.304. The molecule has 6 nitrogen and oxygen atoms in total. The Labute approximate surface area is 78.6 Å². The van der Waals surface area contributed by atoms with Gasteiger partial charge in [0.25, 0.3) is 0 Å². The maximum Gasteiger partial charge on any atom is 0.402 e. The molecule has 0 fully saturated rings.